The Labute approximate surface area is 587 Å². The quantitative estimate of drug-likeness (QED) is 0.143. The molecule has 0 bridgehead atoms. The maximum Gasteiger partial charge on any atom is 0.356 e. The van der Waals surface area contributed by atoms with E-state index in [1.165, 1.54) is 31.8 Å². The maximum absolute atomic E-state index is 7.89. The Balaban J connectivity index is 0.0000000830. The summed E-state index contributed by atoms with van der Waals surface area (Å²) in [7, 11) is 2.04. The van der Waals surface area contributed by atoms with Crippen LogP contribution in [0.5, 0.6) is 0 Å². The summed E-state index contributed by atoms with van der Waals surface area (Å²) < 4.78 is 56.2. The van der Waals surface area contributed by atoms with E-state index >= 15 is 0 Å². The van der Waals surface area contributed by atoms with E-state index in [9.17, 15) is 0 Å². The number of oxazole rings is 1. The molecule has 0 fully saturated rings. The smallest absolute Gasteiger partial charge is 0.356 e. The van der Waals surface area contributed by atoms with E-state index in [4.69, 9.17) is 13.5 Å². The van der Waals surface area contributed by atoms with Gasteiger partial charge in [-0.15, -0.1) is 0 Å². The third-order valence-electron chi connectivity index (χ3n) is 19.6. The Bertz CT molecular complexity index is 7090. The van der Waals surface area contributed by atoms with Crippen LogP contribution in [0, 0.1) is 0 Å². The minimum absolute atomic E-state index is 0.624. The van der Waals surface area contributed by atoms with Crippen molar-refractivity contribution in [1.82, 2.24) is 105 Å². The van der Waals surface area contributed by atoms with Crippen molar-refractivity contribution in [3.8, 4) is 62.5 Å². The number of benzene rings is 1. The lowest BCUT2D eigenvalue weighted by Gasteiger charge is -2.02. The van der Waals surface area contributed by atoms with Gasteiger partial charge in [0, 0.05) is 125 Å². The minimum atomic E-state index is -2.26. The maximum atomic E-state index is 7.89. The van der Waals surface area contributed by atoms with Crippen LogP contribution in [0.3, 0.4) is 0 Å². The first-order valence-electron chi connectivity index (χ1n) is 34.6. The second-order valence-electron chi connectivity index (χ2n) is 25.3. The zero-order valence-corrected chi connectivity index (χ0v) is 55.0. The van der Waals surface area contributed by atoms with Crippen LogP contribution in [-0.2, 0) is 46.7 Å². The molecule has 0 radical (unpaired) electrons. The molecule has 0 atom stereocenters. The molecule has 5 aliphatic rings. The molecule has 0 unspecified atom stereocenters. The van der Waals surface area contributed by atoms with Crippen molar-refractivity contribution in [2.24, 2.45) is 14.0 Å². The number of aryl methyl sites for hydroxylation is 2. The second kappa shape index (κ2) is 21.7. The number of hydrogen-bond donors (Lipinski definition) is 0. The summed E-state index contributed by atoms with van der Waals surface area (Å²) in [5, 5.41) is 1.19. The predicted octanol–water partition coefficient (Wildman–Crippen LogP) is 7.70. The van der Waals surface area contributed by atoms with Crippen molar-refractivity contribution in [3.05, 3.63) is 249 Å². The fraction of sp³-hybridized carbons (Fsp3) is 0.0946. The first-order chi connectivity index (χ1) is 52.1. The SMILES string of the molecule is Cn1c2[n+](c3c1nc1ccncn13)Cc1cccnc1-2.[2H]C([2H])([2H])n1c2ccncc2n2c3[n+](cc12)Cc1cccnc1-3.c1ccc(-n2c3[n+](c4c2nc2ccncn24)Cc2cccnc2-3)cc1.c1cnc2c(c1)C[n+]1c-2oc2nc3ccncn3c21.c1cnc2c(c1)C[n+]1c-2sc2nc3ccncn3c21. The third kappa shape index (κ3) is 8.28. The first kappa shape index (κ1) is 53.9. The highest BCUT2D eigenvalue weighted by Crippen LogP contribution is 2.37. The highest BCUT2D eigenvalue weighted by atomic mass is 32.1. The Morgan fingerprint density at radius 1 is 0.427 bits per heavy atom. The van der Waals surface area contributed by atoms with Crippen LogP contribution in [0.4, 0.5) is 0 Å². The number of thiazole rings is 1. The fourth-order valence-electron chi connectivity index (χ4n) is 15.3. The number of para-hydroxylation sites is 1. The van der Waals surface area contributed by atoms with Crippen molar-refractivity contribution < 1.29 is 31.4 Å². The van der Waals surface area contributed by atoms with Crippen molar-refractivity contribution in [3.63, 3.8) is 0 Å². The van der Waals surface area contributed by atoms with Crippen molar-refractivity contribution in [2.45, 2.75) is 32.7 Å². The minimum Gasteiger partial charge on any atom is -0.394 e. The number of nitrogens with zero attached hydrogens (tertiary/aromatic N) is 27. The summed E-state index contributed by atoms with van der Waals surface area (Å²) in [6, 6.07) is 40.0. The molecule has 28 nitrogen and oxygen atoms in total. The fourth-order valence-corrected chi connectivity index (χ4v) is 16.4. The lowest BCUT2D eigenvalue weighted by Crippen LogP contribution is -2.32. The zero-order chi connectivity index (χ0) is 70.2. The Hall–Kier alpha value is -14.1. The van der Waals surface area contributed by atoms with Crippen molar-refractivity contribution >= 4 is 95.0 Å². The van der Waals surface area contributed by atoms with Gasteiger partial charge in [0.25, 0.3) is 34.2 Å². The summed E-state index contributed by atoms with van der Waals surface area (Å²) >= 11 is 1.70. The second-order valence-corrected chi connectivity index (χ2v) is 26.3. The summed E-state index contributed by atoms with van der Waals surface area (Å²) in [4.78, 5) is 63.2. The largest absolute Gasteiger partial charge is 0.394 e. The van der Waals surface area contributed by atoms with E-state index < -0.39 is 6.98 Å². The molecule has 0 spiro atoms. The van der Waals surface area contributed by atoms with Crippen LogP contribution in [0.15, 0.2) is 225 Å². The zero-order valence-electron chi connectivity index (χ0n) is 57.2. The van der Waals surface area contributed by atoms with Gasteiger partial charge in [-0.1, -0.05) is 59.9 Å². The topological polar surface area (TPSA) is 250 Å². The molecule has 0 amide bonds. The summed E-state index contributed by atoms with van der Waals surface area (Å²) in [5.74, 6) is 3.84. The summed E-state index contributed by atoms with van der Waals surface area (Å²) in [6.45, 7) is 1.68. The van der Waals surface area contributed by atoms with Gasteiger partial charge in [0.05, 0.1) is 31.9 Å². The van der Waals surface area contributed by atoms with Gasteiger partial charge in [-0.05, 0) is 48.5 Å². The molecular formula is C74H52N27OS+5. The lowest BCUT2D eigenvalue weighted by molar-refractivity contribution is -0.670. The molecule has 490 valence electrons. The molecule has 29 heteroatoms. The average Bonchev–Trinajstić information content (AvgIpc) is 1.57. The Morgan fingerprint density at radius 2 is 0.942 bits per heavy atom. The van der Waals surface area contributed by atoms with Crippen molar-refractivity contribution in [1.29, 1.82) is 0 Å². The van der Waals surface area contributed by atoms with Crippen LogP contribution < -0.4 is 22.8 Å². The van der Waals surface area contributed by atoms with Crippen LogP contribution in [0.1, 0.15) is 31.9 Å². The van der Waals surface area contributed by atoms with Gasteiger partial charge in [-0.3, -0.25) is 9.97 Å². The molecule has 5 aliphatic heterocycles. The van der Waals surface area contributed by atoms with E-state index in [-0.39, 0.29) is 0 Å². The molecular weight excluding hydrogens is 1320 g/mol. The first-order valence-corrected chi connectivity index (χ1v) is 33.9. The van der Waals surface area contributed by atoms with Gasteiger partial charge in [-0.25, -0.2) is 67.3 Å². The van der Waals surface area contributed by atoms with E-state index in [1.54, 1.807) is 73.3 Å². The monoisotopic (exact) mass is 1370 g/mol. The van der Waals surface area contributed by atoms with Gasteiger partial charge in [0.1, 0.15) is 42.4 Å². The molecule has 25 heterocycles. The molecule has 0 aliphatic carbocycles. The van der Waals surface area contributed by atoms with Gasteiger partial charge in [0.15, 0.2) is 48.4 Å². The molecule has 20 aromatic heterocycles. The lowest BCUT2D eigenvalue weighted by atomic mass is 10.2. The Kier molecular flexibility index (Phi) is 11.4. The van der Waals surface area contributed by atoms with Gasteiger partial charge in [0.2, 0.25) is 38.1 Å². The highest BCUT2D eigenvalue weighted by Gasteiger charge is 2.40. The highest BCUT2D eigenvalue weighted by molar-refractivity contribution is 7.20. The Morgan fingerprint density at radius 3 is 1.61 bits per heavy atom. The number of aromatic nitrogens is 27. The van der Waals surface area contributed by atoms with Crippen LogP contribution >= 0.6 is 11.3 Å². The van der Waals surface area contributed by atoms with Gasteiger partial charge >= 0.3 is 28.7 Å². The van der Waals surface area contributed by atoms with Crippen LogP contribution in [0.25, 0.3) is 146 Å². The standard InChI is InChI=1S/C19H13N6.C15H12N5.C14H11N6.C13H8N5O.C13H8N5S/c1-2-6-14(7-3-1)25-17-19(24-12-20-10-8-15(24)22-17)23-11-13-5-4-9-21-16(13)18(23)25;1-18-11-4-6-16-7-12(11)20-13(18)9-19-8-10-3-2-5-17-14(10)15(19)20;1-18-12-14(20-8-15-6-4-10(20)17-12)19-7-9-3-2-5-16-11(9)13(18)19;2*1-2-8-6-17-12-11(19-13(17)10(8)15-4-1)16-9-3-5-14-7-18(9)12/h1-10,12H,11H2;2-7,9H,8H2,1H3;2-6,8H,7H2,1H3;2*1-5,7H,6H2/q5*+1/i;1D3;;;. The van der Waals surface area contributed by atoms with E-state index in [0.29, 0.717) is 23.4 Å². The number of rotatable bonds is 1. The van der Waals surface area contributed by atoms with E-state index in [1.807, 2.05) is 156 Å². The van der Waals surface area contributed by atoms with E-state index in [0.717, 1.165) is 156 Å². The van der Waals surface area contributed by atoms with E-state index in [2.05, 4.69) is 129 Å². The molecule has 103 heavy (non-hydrogen) atoms. The number of pyridine rings is 6. The number of fused-ring (bicyclic) bond motifs is 35. The summed E-state index contributed by atoms with van der Waals surface area (Å²) in [5.41, 5.74) is 24.4. The van der Waals surface area contributed by atoms with Gasteiger partial charge in [-0.2, -0.15) is 46.5 Å². The molecule has 21 aromatic rings. The van der Waals surface area contributed by atoms with Crippen LogP contribution in [-0.4, -0.2) is 105 Å². The van der Waals surface area contributed by atoms with Crippen molar-refractivity contribution in [2.75, 3.05) is 0 Å². The van der Waals surface area contributed by atoms with Crippen LogP contribution in [0.2, 0.25) is 0 Å². The number of imidazole rings is 8. The molecule has 1 aromatic carbocycles. The molecule has 0 N–H and O–H groups in total. The predicted molar refractivity (Wildman–Crippen MR) is 375 cm³/mol. The van der Waals surface area contributed by atoms with Gasteiger partial charge < -0.3 is 8.98 Å². The normalized spacial score (nSPS) is 13.5. The summed E-state index contributed by atoms with van der Waals surface area (Å²) in [6.07, 6.45) is 28.5. The molecule has 26 rings (SSSR count). The third-order valence-corrected chi connectivity index (χ3v) is 20.7. The molecule has 0 saturated heterocycles. The number of hydrogen-bond acceptors (Lipinski definition) is 16. The molecule has 0 saturated carbocycles. The average molecular weight is 1370 g/mol.